The van der Waals surface area contributed by atoms with Gasteiger partial charge in [0.1, 0.15) is 11.3 Å². The molecule has 33 heavy (non-hydrogen) atoms. The molecule has 8 heteroatoms. The zero-order valence-electron chi connectivity index (χ0n) is 19.0. The summed E-state index contributed by atoms with van der Waals surface area (Å²) < 4.78 is 21.9. The minimum atomic E-state index is -0.394. The summed E-state index contributed by atoms with van der Waals surface area (Å²) in [6.07, 6.45) is 0. The van der Waals surface area contributed by atoms with Gasteiger partial charge in [0.15, 0.2) is 17.1 Å². The lowest BCUT2D eigenvalue weighted by atomic mass is 10.1. The van der Waals surface area contributed by atoms with Crippen molar-refractivity contribution in [3.63, 3.8) is 0 Å². The van der Waals surface area contributed by atoms with E-state index in [0.29, 0.717) is 45.2 Å². The molecule has 0 aliphatic rings. The summed E-state index contributed by atoms with van der Waals surface area (Å²) >= 11 is 0. The molecule has 1 amide bonds. The lowest BCUT2D eigenvalue weighted by Crippen LogP contribution is -2.12. The second-order valence-electron chi connectivity index (χ2n) is 7.55. The first kappa shape index (κ1) is 22.0. The first-order chi connectivity index (χ1) is 15.8. The van der Waals surface area contributed by atoms with Gasteiger partial charge in [-0.3, -0.25) is 4.79 Å². The van der Waals surface area contributed by atoms with Gasteiger partial charge in [-0.1, -0.05) is 6.07 Å². The van der Waals surface area contributed by atoms with Crippen molar-refractivity contribution in [2.24, 2.45) is 0 Å². The van der Waals surface area contributed by atoms with Gasteiger partial charge in [0.2, 0.25) is 11.6 Å². The number of carbonyl (C=O) groups excluding carboxylic acids is 1. The van der Waals surface area contributed by atoms with Crippen molar-refractivity contribution in [2.75, 3.05) is 26.6 Å². The van der Waals surface area contributed by atoms with Crippen LogP contribution in [0, 0.1) is 13.8 Å². The minimum absolute atomic E-state index is 0.0123. The van der Waals surface area contributed by atoms with Crippen molar-refractivity contribution in [2.45, 2.75) is 13.8 Å². The van der Waals surface area contributed by atoms with E-state index in [1.807, 2.05) is 26.0 Å². The van der Waals surface area contributed by atoms with Crippen molar-refractivity contribution in [1.82, 2.24) is 4.98 Å². The number of aromatic hydroxyl groups is 1. The molecule has 1 heterocycles. The Morgan fingerprint density at radius 3 is 2.30 bits per heavy atom. The van der Waals surface area contributed by atoms with Crippen LogP contribution in [0.4, 0.5) is 5.69 Å². The lowest BCUT2D eigenvalue weighted by Gasteiger charge is -2.14. The molecule has 8 nitrogen and oxygen atoms in total. The van der Waals surface area contributed by atoms with E-state index in [1.165, 1.54) is 27.4 Å². The highest BCUT2D eigenvalue weighted by atomic mass is 16.5. The van der Waals surface area contributed by atoms with Crippen LogP contribution in [0.3, 0.4) is 0 Å². The molecular formula is C25H24N2O6. The molecule has 4 rings (SSSR count). The topological polar surface area (TPSA) is 103 Å². The number of phenolic OH excluding ortho intramolecular Hbond substituents is 1. The van der Waals surface area contributed by atoms with Gasteiger partial charge in [-0.05, 0) is 61.4 Å². The maximum atomic E-state index is 12.9. The number of phenols is 1. The van der Waals surface area contributed by atoms with Crippen LogP contribution in [0.15, 0.2) is 46.9 Å². The van der Waals surface area contributed by atoms with Crippen molar-refractivity contribution in [3.8, 4) is 34.5 Å². The van der Waals surface area contributed by atoms with Gasteiger partial charge in [0.05, 0.1) is 26.9 Å². The molecule has 0 atom stereocenters. The molecule has 0 unspecified atom stereocenters. The molecule has 0 radical (unpaired) electrons. The van der Waals surface area contributed by atoms with Gasteiger partial charge < -0.3 is 29.1 Å². The summed E-state index contributed by atoms with van der Waals surface area (Å²) in [6, 6.07) is 11.7. The van der Waals surface area contributed by atoms with Crippen LogP contribution in [0.25, 0.3) is 22.6 Å². The van der Waals surface area contributed by atoms with Crippen LogP contribution in [-0.4, -0.2) is 37.3 Å². The van der Waals surface area contributed by atoms with E-state index in [4.69, 9.17) is 18.6 Å². The molecule has 0 bridgehead atoms. The van der Waals surface area contributed by atoms with Crippen LogP contribution in [0.1, 0.15) is 21.5 Å². The summed E-state index contributed by atoms with van der Waals surface area (Å²) in [5.41, 5.74) is 4.51. The Balaban J connectivity index is 1.68. The normalized spacial score (nSPS) is 10.8. The zero-order valence-corrected chi connectivity index (χ0v) is 19.0. The van der Waals surface area contributed by atoms with Gasteiger partial charge in [-0.2, -0.15) is 0 Å². The number of rotatable bonds is 6. The number of aromatic nitrogens is 1. The maximum Gasteiger partial charge on any atom is 0.255 e. The molecule has 2 N–H and O–H groups in total. The zero-order chi connectivity index (χ0) is 23.7. The Morgan fingerprint density at radius 2 is 1.67 bits per heavy atom. The average Bonchev–Trinajstić information content (AvgIpc) is 3.23. The Morgan fingerprint density at radius 1 is 0.970 bits per heavy atom. The monoisotopic (exact) mass is 448 g/mol. The predicted molar refractivity (Wildman–Crippen MR) is 125 cm³/mol. The van der Waals surface area contributed by atoms with E-state index < -0.39 is 5.91 Å². The Kier molecular flexibility index (Phi) is 5.83. The molecular weight excluding hydrogens is 424 g/mol. The van der Waals surface area contributed by atoms with Crippen molar-refractivity contribution in [1.29, 1.82) is 0 Å². The fourth-order valence-electron chi connectivity index (χ4n) is 3.69. The number of methoxy groups -OCH3 is 3. The molecule has 4 aromatic rings. The average molecular weight is 448 g/mol. The number of ether oxygens (including phenoxy) is 3. The van der Waals surface area contributed by atoms with Crippen LogP contribution in [0.5, 0.6) is 23.0 Å². The largest absolute Gasteiger partial charge is 0.507 e. The van der Waals surface area contributed by atoms with E-state index in [-0.39, 0.29) is 11.6 Å². The van der Waals surface area contributed by atoms with Crippen molar-refractivity contribution >= 4 is 22.7 Å². The van der Waals surface area contributed by atoms with E-state index in [1.54, 1.807) is 24.3 Å². The molecule has 0 saturated heterocycles. The number of carbonyl (C=O) groups is 1. The molecule has 0 spiro atoms. The third kappa shape index (κ3) is 4.15. The molecule has 3 aromatic carbocycles. The predicted octanol–water partition coefficient (Wildman–Crippen LogP) is 5.10. The SMILES string of the molecule is COc1cc(C(=O)Nc2ccc(O)c(-c3nc4cc(C)cc(C)c4o3)c2)cc(OC)c1OC. The number of benzene rings is 3. The quantitative estimate of drug-likeness (QED) is 0.396. The number of amides is 1. The minimum Gasteiger partial charge on any atom is -0.507 e. The van der Waals surface area contributed by atoms with Crippen LogP contribution >= 0.6 is 0 Å². The highest BCUT2D eigenvalue weighted by Gasteiger charge is 2.19. The van der Waals surface area contributed by atoms with E-state index in [0.717, 1.165) is 11.1 Å². The molecule has 0 aliphatic carbocycles. The Bertz CT molecular complexity index is 1330. The maximum absolute atomic E-state index is 12.9. The number of fused-ring (bicyclic) bond motifs is 1. The van der Waals surface area contributed by atoms with Crippen LogP contribution < -0.4 is 19.5 Å². The third-order valence-corrected chi connectivity index (χ3v) is 5.23. The number of hydrogen-bond donors (Lipinski definition) is 2. The lowest BCUT2D eigenvalue weighted by molar-refractivity contribution is 0.102. The summed E-state index contributed by atoms with van der Waals surface area (Å²) in [4.78, 5) is 17.5. The van der Waals surface area contributed by atoms with Gasteiger partial charge in [0.25, 0.3) is 5.91 Å². The fourth-order valence-corrected chi connectivity index (χ4v) is 3.69. The van der Waals surface area contributed by atoms with E-state index in [9.17, 15) is 9.90 Å². The van der Waals surface area contributed by atoms with Crippen LogP contribution in [-0.2, 0) is 0 Å². The van der Waals surface area contributed by atoms with Crippen molar-refractivity contribution in [3.05, 3.63) is 59.2 Å². The summed E-state index contributed by atoms with van der Waals surface area (Å²) in [7, 11) is 4.45. The van der Waals surface area contributed by atoms with Gasteiger partial charge in [-0.25, -0.2) is 4.98 Å². The molecule has 0 saturated carbocycles. The second kappa shape index (κ2) is 8.74. The number of aryl methyl sites for hydroxylation is 2. The molecule has 0 aliphatic heterocycles. The summed E-state index contributed by atoms with van der Waals surface area (Å²) in [5.74, 6) is 0.984. The van der Waals surface area contributed by atoms with E-state index >= 15 is 0 Å². The Labute approximate surface area is 190 Å². The second-order valence-corrected chi connectivity index (χ2v) is 7.55. The molecule has 1 aromatic heterocycles. The molecule has 0 fully saturated rings. The summed E-state index contributed by atoms with van der Waals surface area (Å²) in [6.45, 7) is 3.93. The first-order valence-corrected chi connectivity index (χ1v) is 10.2. The number of anilines is 1. The highest BCUT2D eigenvalue weighted by Crippen LogP contribution is 2.39. The first-order valence-electron chi connectivity index (χ1n) is 10.2. The number of oxazole rings is 1. The number of hydrogen-bond acceptors (Lipinski definition) is 7. The number of nitrogens with one attached hydrogen (secondary N) is 1. The number of nitrogens with zero attached hydrogens (tertiary/aromatic N) is 1. The van der Waals surface area contributed by atoms with Crippen LogP contribution in [0.2, 0.25) is 0 Å². The van der Waals surface area contributed by atoms with Gasteiger partial charge in [-0.15, -0.1) is 0 Å². The van der Waals surface area contributed by atoms with Crippen molar-refractivity contribution < 1.29 is 28.5 Å². The smallest absolute Gasteiger partial charge is 0.255 e. The third-order valence-electron chi connectivity index (χ3n) is 5.23. The summed E-state index contributed by atoms with van der Waals surface area (Å²) in [5, 5.41) is 13.2. The van der Waals surface area contributed by atoms with E-state index in [2.05, 4.69) is 10.3 Å². The fraction of sp³-hybridized carbons (Fsp3) is 0.200. The Hall–Kier alpha value is -4.20. The van der Waals surface area contributed by atoms with Gasteiger partial charge in [0, 0.05) is 11.3 Å². The van der Waals surface area contributed by atoms with Gasteiger partial charge >= 0.3 is 0 Å². The molecule has 170 valence electrons. The standard InChI is InChI=1S/C25H24N2O6/c1-13-8-14(2)22-18(9-13)27-25(33-22)17-12-16(6-7-19(17)28)26-24(29)15-10-20(30-3)23(32-5)21(11-15)31-4/h6-12,28H,1-5H3,(H,26,29). The highest BCUT2D eigenvalue weighted by molar-refractivity contribution is 6.05.